The van der Waals surface area contributed by atoms with Gasteiger partial charge in [0.05, 0.1) is 16.4 Å². The van der Waals surface area contributed by atoms with E-state index in [4.69, 9.17) is 9.84 Å². The van der Waals surface area contributed by atoms with Crippen LogP contribution in [-0.2, 0) is 4.79 Å². The first-order chi connectivity index (χ1) is 9.86. The molecule has 1 aromatic rings. The lowest BCUT2D eigenvalue weighted by molar-refractivity contribution is -0.385. The highest BCUT2D eigenvalue weighted by Crippen LogP contribution is 2.29. The average molecular weight is 295 g/mol. The number of carbonyl (C=O) groups excluding carboxylic acids is 1. The zero-order valence-corrected chi connectivity index (χ0v) is 11.9. The molecule has 0 aliphatic rings. The Morgan fingerprint density at radius 1 is 1.43 bits per heavy atom. The lowest BCUT2D eigenvalue weighted by Gasteiger charge is -2.11. The third kappa shape index (κ3) is 4.55. The summed E-state index contributed by atoms with van der Waals surface area (Å²) in [7, 11) is 0. The van der Waals surface area contributed by atoms with Crippen molar-refractivity contribution in [1.82, 2.24) is 0 Å². The van der Waals surface area contributed by atoms with Gasteiger partial charge in [0, 0.05) is 12.1 Å². The topological polar surface area (TPSA) is 107 Å². The van der Waals surface area contributed by atoms with Gasteiger partial charge in [-0.2, -0.15) is 0 Å². The molecule has 0 fully saturated rings. The van der Waals surface area contributed by atoms with Crippen LogP contribution in [0.5, 0.6) is 5.75 Å². The lowest BCUT2D eigenvalue weighted by atomic mass is 10.1. The lowest BCUT2D eigenvalue weighted by Crippen LogP contribution is -2.18. The van der Waals surface area contributed by atoms with E-state index in [0.29, 0.717) is 6.42 Å². The summed E-state index contributed by atoms with van der Waals surface area (Å²) < 4.78 is 5.01. The standard InChI is InChI=1S/C14H17NO6/c1-3-4-5-9(2)14(18)21-12-8-10(13(16)17)6-7-11(12)15(19)20/h6-9H,3-5H2,1-2H3,(H,16,17). The molecule has 7 heteroatoms. The van der Waals surface area contributed by atoms with Gasteiger partial charge in [0.1, 0.15) is 0 Å². The first-order valence-electron chi connectivity index (χ1n) is 6.60. The molecule has 0 amide bonds. The van der Waals surface area contributed by atoms with Gasteiger partial charge in [-0.3, -0.25) is 14.9 Å². The minimum Gasteiger partial charge on any atom is -0.478 e. The molecular weight excluding hydrogens is 278 g/mol. The Bertz CT molecular complexity index is 554. The van der Waals surface area contributed by atoms with E-state index in [1.807, 2.05) is 6.92 Å². The number of carboxylic acid groups (broad SMARTS) is 1. The Balaban J connectivity index is 2.99. The largest absolute Gasteiger partial charge is 0.478 e. The second-order valence-corrected chi connectivity index (χ2v) is 4.71. The molecule has 0 bridgehead atoms. The van der Waals surface area contributed by atoms with E-state index in [-0.39, 0.29) is 11.3 Å². The number of carboxylic acids is 1. The number of unbranched alkanes of at least 4 members (excludes halogenated alkanes) is 1. The fraction of sp³-hybridized carbons (Fsp3) is 0.429. The summed E-state index contributed by atoms with van der Waals surface area (Å²) in [5.41, 5.74) is -0.611. The van der Waals surface area contributed by atoms with Gasteiger partial charge in [-0.05, 0) is 12.5 Å². The number of ether oxygens (including phenoxy) is 1. The number of aromatic carboxylic acids is 1. The van der Waals surface area contributed by atoms with Crippen LogP contribution in [-0.4, -0.2) is 22.0 Å². The molecule has 7 nitrogen and oxygen atoms in total. The average Bonchev–Trinajstić information content (AvgIpc) is 2.44. The maximum atomic E-state index is 11.9. The molecule has 1 rings (SSSR count). The first-order valence-corrected chi connectivity index (χ1v) is 6.60. The summed E-state index contributed by atoms with van der Waals surface area (Å²) in [5.74, 6) is -2.60. The van der Waals surface area contributed by atoms with Crippen LogP contribution in [0, 0.1) is 16.0 Å². The van der Waals surface area contributed by atoms with Crippen LogP contribution in [0.25, 0.3) is 0 Å². The number of nitro benzene ring substituents is 1. The van der Waals surface area contributed by atoms with Gasteiger partial charge in [-0.15, -0.1) is 0 Å². The summed E-state index contributed by atoms with van der Waals surface area (Å²) in [6.45, 7) is 3.66. The summed E-state index contributed by atoms with van der Waals surface area (Å²) in [6.07, 6.45) is 2.38. The van der Waals surface area contributed by atoms with E-state index in [0.717, 1.165) is 31.0 Å². The van der Waals surface area contributed by atoms with Crippen molar-refractivity contribution < 1.29 is 24.4 Å². The van der Waals surface area contributed by atoms with Crippen molar-refractivity contribution in [1.29, 1.82) is 0 Å². The van der Waals surface area contributed by atoms with Gasteiger partial charge < -0.3 is 9.84 Å². The zero-order chi connectivity index (χ0) is 16.0. The number of carbonyl (C=O) groups is 2. The van der Waals surface area contributed by atoms with Crippen molar-refractivity contribution in [3.05, 3.63) is 33.9 Å². The van der Waals surface area contributed by atoms with Crippen molar-refractivity contribution in [3.8, 4) is 5.75 Å². The minimum absolute atomic E-state index is 0.176. The second-order valence-electron chi connectivity index (χ2n) is 4.71. The third-order valence-electron chi connectivity index (χ3n) is 3.01. The van der Waals surface area contributed by atoms with E-state index in [1.54, 1.807) is 6.92 Å². The molecule has 0 heterocycles. The molecule has 0 aliphatic heterocycles. The zero-order valence-electron chi connectivity index (χ0n) is 11.9. The fourth-order valence-electron chi connectivity index (χ4n) is 1.72. The summed E-state index contributed by atoms with van der Waals surface area (Å²) in [6, 6.07) is 3.10. The minimum atomic E-state index is -1.25. The molecule has 0 spiro atoms. The smallest absolute Gasteiger partial charge is 0.335 e. The monoisotopic (exact) mass is 295 g/mol. The Hall–Kier alpha value is -2.44. The Kier molecular flexibility index (Phi) is 5.83. The van der Waals surface area contributed by atoms with Crippen LogP contribution < -0.4 is 4.74 Å². The number of nitro groups is 1. The van der Waals surface area contributed by atoms with Crippen molar-refractivity contribution in [3.63, 3.8) is 0 Å². The molecule has 21 heavy (non-hydrogen) atoms. The highest BCUT2D eigenvalue weighted by atomic mass is 16.6. The molecule has 0 aromatic heterocycles. The number of hydrogen-bond donors (Lipinski definition) is 1. The maximum Gasteiger partial charge on any atom is 0.335 e. The number of esters is 1. The van der Waals surface area contributed by atoms with Crippen LogP contribution in [0.2, 0.25) is 0 Å². The molecule has 1 unspecified atom stereocenters. The normalized spacial score (nSPS) is 11.7. The van der Waals surface area contributed by atoms with Crippen molar-refractivity contribution in [2.24, 2.45) is 5.92 Å². The van der Waals surface area contributed by atoms with Crippen LogP contribution in [0.3, 0.4) is 0 Å². The highest BCUT2D eigenvalue weighted by Gasteiger charge is 2.23. The van der Waals surface area contributed by atoms with E-state index >= 15 is 0 Å². The van der Waals surface area contributed by atoms with Gasteiger partial charge in [0.15, 0.2) is 0 Å². The molecule has 1 N–H and O–H groups in total. The molecule has 1 atom stereocenters. The van der Waals surface area contributed by atoms with Crippen LogP contribution in [0.4, 0.5) is 5.69 Å². The van der Waals surface area contributed by atoms with Crippen LogP contribution in [0.1, 0.15) is 43.5 Å². The van der Waals surface area contributed by atoms with E-state index in [2.05, 4.69) is 0 Å². The number of nitrogens with zero attached hydrogens (tertiary/aromatic N) is 1. The van der Waals surface area contributed by atoms with Crippen molar-refractivity contribution in [2.75, 3.05) is 0 Å². The predicted octanol–water partition coefficient (Wildman–Crippen LogP) is 3.02. The van der Waals surface area contributed by atoms with Gasteiger partial charge >= 0.3 is 17.6 Å². The van der Waals surface area contributed by atoms with Crippen molar-refractivity contribution >= 4 is 17.6 Å². The molecule has 0 saturated heterocycles. The molecule has 0 saturated carbocycles. The quantitative estimate of drug-likeness (QED) is 0.358. The Morgan fingerprint density at radius 2 is 2.10 bits per heavy atom. The summed E-state index contributed by atoms with van der Waals surface area (Å²) in [4.78, 5) is 32.9. The highest BCUT2D eigenvalue weighted by molar-refractivity contribution is 5.89. The predicted molar refractivity (Wildman–Crippen MR) is 74.4 cm³/mol. The van der Waals surface area contributed by atoms with Crippen LogP contribution in [0.15, 0.2) is 18.2 Å². The maximum absolute atomic E-state index is 11.9. The second kappa shape index (κ2) is 7.37. The number of benzene rings is 1. The molecular formula is C14H17NO6. The number of rotatable bonds is 7. The van der Waals surface area contributed by atoms with E-state index in [1.165, 1.54) is 0 Å². The first kappa shape index (κ1) is 16.6. The molecule has 0 radical (unpaired) electrons. The Labute approximate surface area is 121 Å². The summed E-state index contributed by atoms with van der Waals surface area (Å²) >= 11 is 0. The molecule has 0 aliphatic carbocycles. The SMILES string of the molecule is CCCCC(C)C(=O)Oc1cc(C(=O)O)ccc1[N+](=O)[O-]. The van der Waals surface area contributed by atoms with Gasteiger partial charge in [-0.25, -0.2) is 4.79 Å². The van der Waals surface area contributed by atoms with E-state index in [9.17, 15) is 19.7 Å². The van der Waals surface area contributed by atoms with Gasteiger partial charge in [-0.1, -0.05) is 26.7 Å². The van der Waals surface area contributed by atoms with Gasteiger partial charge in [0.2, 0.25) is 5.75 Å². The fourth-order valence-corrected chi connectivity index (χ4v) is 1.72. The third-order valence-corrected chi connectivity index (χ3v) is 3.01. The van der Waals surface area contributed by atoms with Gasteiger partial charge in [0.25, 0.3) is 0 Å². The van der Waals surface area contributed by atoms with Crippen molar-refractivity contribution in [2.45, 2.75) is 33.1 Å². The summed E-state index contributed by atoms with van der Waals surface area (Å²) in [5, 5.41) is 19.8. The van der Waals surface area contributed by atoms with Crippen LogP contribution >= 0.6 is 0 Å². The van der Waals surface area contributed by atoms with E-state index < -0.39 is 28.5 Å². The number of hydrogen-bond acceptors (Lipinski definition) is 5. The molecule has 114 valence electrons. The molecule has 1 aromatic carbocycles. The Morgan fingerprint density at radius 3 is 2.62 bits per heavy atom.